The van der Waals surface area contributed by atoms with Crippen LogP contribution in [0.25, 0.3) is 10.8 Å². The minimum absolute atomic E-state index is 0. The van der Waals surface area contributed by atoms with Gasteiger partial charge >= 0.3 is 24.1 Å². The summed E-state index contributed by atoms with van der Waals surface area (Å²) in [5.74, 6) is -0.688. The number of rotatable bonds is 12. The predicted molar refractivity (Wildman–Crippen MR) is 197 cm³/mol. The molecular weight excluding hydrogens is 835 g/mol. The van der Waals surface area contributed by atoms with Crippen LogP contribution in [0.3, 0.4) is 0 Å². The van der Waals surface area contributed by atoms with Gasteiger partial charge in [-0.25, -0.2) is 28.7 Å². The molecule has 0 spiro atoms. The maximum absolute atomic E-state index is 13.1. The highest BCUT2D eigenvalue weighted by Crippen LogP contribution is 2.25. The summed E-state index contributed by atoms with van der Waals surface area (Å²) in [6.07, 6.45) is -0.574. The van der Waals surface area contributed by atoms with Crippen molar-refractivity contribution in [1.82, 2.24) is 9.88 Å². The number of aliphatic carboxylic acids is 1. The summed E-state index contributed by atoms with van der Waals surface area (Å²) in [5.41, 5.74) is -2.87. The number of carboxylic acids is 1. The molecule has 0 saturated carbocycles. The number of carbonyl (C=O) groups is 4. The molecule has 1 saturated heterocycles. The van der Waals surface area contributed by atoms with Crippen LogP contribution >= 0.6 is 11.3 Å². The van der Waals surface area contributed by atoms with E-state index in [1.165, 1.54) is 5.38 Å². The Balaban J connectivity index is 0.00000784. The second kappa shape index (κ2) is 17.8. The number of oxime groups is 1. The summed E-state index contributed by atoms with van der Waals surface area (Å²) in [6.45, 7) is 17.3. The Morgan fingerprint density at radius 1 is 0.981 bits per heavy atom. The van der Waals surface area contributed by atoms with Crippen LogP contribution < -0.4 is 43.9 Å². The number of hydrogen-bond donors (Lipinski definition) is 3. The van der Waals surface area contributed by atoms with E-state index >= 15 is 0 Å². The molecule has 0 unspecified atom stereocenters. The summed E-state index contributed by atoms with van der Waals surface area (Å²) in [4.78, 5) is 60.9. The van der Waals surface area contributed by atoms with Crippen LogP contribution in [-0.4, -0.2) is 94.0 Å². The third-order valence-electron chi connectivity index (χ3n) is 7.14. The molecule has 1 atom stereocenters. The van der Waals surface area contributed by atoms with Crippen molar-refractivity contribution in [2.45, 2.75) is 85.2 Å². The molecule has 0 aliphatic carbocycles. The number of pyridine rings is 1. The smallest absolute Gasteiger partial charge is 0.413 e. The minimum Gasteiger partial charge on any atom is -1.00 e. The predicted octanol–water partition coefficient (Wildman–Crippen LogP) is 2.35. The lowest BCUT2D eigenvalue weighted by Crippen LogP contribution is -3.00. The van der Waals surface area contributed by atoms with Gasteiger partial charge in [-0.05, 0) is 79.8 Å². The number of likely N-dealkylation sites (tertiary alicyclic amines) is 1. The van der Waals surface area contributed by atoms with Gasteiger partial charge in [-0.1, -0.05) is 11.2 Å². The molecular formula is C36H49IN6O10S. The number of carbonyl (C=O) groups excluding carboxylic acids is 3. The van der Waals surface area contributed by atoms with Crippen LogP contribution in [-0.2, 0) is 35.7 Å². The summed E-state index contributed by atoms with van der Waals surface area (Å²) in [7, 11) is 1.91. The first-order valence-electron chi connectivity index (χ1n) is 17.0. The maximum atomic E-state index is 13.1. The van der Waals surface area contributed by atoms with Gasteiger partial charge < -0.3 is 57.8 Å². The van der Waals surface area contributed by atoms with Gasteiger partial charge in [-0.3, -0.25) is 10.6 Å². The zero-order valence-electron chi connectivity index (χ0n) is 32.1. The van der Waals surface area contributed by atoms with Gasteiger partial charge in [-0.15, -0.1) is 11.3 Å². The van der Waals surface area contributed by atoms with Gasteiger partial charge in [-0.2, -0.15) is 0 Å². The van der Waals surface area contributed by atoms with Gasteiger partial charge in [0.25, 0.3) is 11.9 Å². The largest absolute Gasteiger partial charge is 1.00 e. The van der Waals surface area contributed by atoms with Gasteiger partial charge in [0, 0.05) is 35.8 Å². The molecule has 2 aromatic heterocycles. The number of aryl methyl sites for hydroxylation is 1. The highest BCUT2D eigenvalue weighted by atomic mass is 127. The first-order valence-corrected chi connectivity index (χ1v) is 17.9. The number of esters is 1. The molecule has 16 nitrogen and oxygen atoms in total. The Morgan fingerprint density at radius 3 is 2.24 bits per heavy atom. The molecule has 1 aliphatic rings. The van der Waals surface area contributed by atoms with Gasteiger partial charge in [0.05, 0.1) is 19.8 Å². The van der Waals surface area contributed by atoms with Crippen LogP contribution in [0.4, 0.5) is 20.5 Å². The lowest BCUT2D eigenvalue weighted by molar-refractivity contribution is -0.655. The molecule has 0 radical (unpaired) electrons. The molecule has 0 bridgehead atoms. The molecule has 3 aromatic rings. The van der Waals surface area contributed by atoms with E-state index in [1.807, 2.05) is 50.7 Å². The minimum atomic E-state index is -1.48. The number of thiazole rings is 1. The normalized spacial score (nSPS) is 14.3. The number of hydrogen-bond acceptors (Lipinski definition) is 13. The third kappa shape index (κ3) is 13.4. The number of fused-ring (bicyclic) bond motifs is 1. The number of carboxylic acid groups (broad SMARTS) is 1. The van der Waals surface area contributed by atoms with Crippen LogP contribution in [0.15, 0.2) is 41.0 Å². The fourth-order valence-electron chi connectivity index (χ4n) is 4.84. The average Bonchev–Trinajstić information content (AvgIpc) is 3.42. The number of amides is 2. The van der Waals surface area contributed by atoms with Crippen molar-refractivity contribution >= 4 is 62.9 Å². The monoisotopic (exact) mass is 884 g/mol. The molecule has 3 heterocycles. The van der Waals surface area contributed by atoms with Crippen molar-refractivity contribution in [1.29, 1.82) is 0 Å². The topological polar surface area (TPSA) is 191 Å². The summed E-state index contributed by atoms with van der Waals surface area (Å²) in [6, 6.07) is 7.42. The van der Waals surface area contributed by atoms with E-state index < -0.39 is 46.7 Å². The van der Waals surface area contributed by atoms with Crippen molar-refractivity contribution in [2.75, 3.05) is 36.9 Å². The lowest BCUT2D eigenvalue weighted by Gasteiger charge is -2.38. The first kappa shape index (κ1) is 43.9. The van der Waals surface area contributed by atoms with Gasteiger partial charge in [0.1, 0.15) is 34.9 Å². The van der Waals surface area contributed by atoms with E-state index in [4.69, 9.17) is 23.8 Å². The Bertz CT molecular complexity index is 1860. The van der Waals surface area contributed by atoms with Crippen molar-refractivity contribution < 1.29 is 76.6 Å². The number of halogens is 1. The molecule has 54 heavy (non-hydrogen) atoms. The Hall–Kier alpha value is -4.46. The lowest BCUT2D eigenvalue weighted by atomic mass is 10.0. The van der Waals surface area contributed by atoms with Gasteiger partial charge in [0.2, 0.25) is 5.71 Å². The molecule has 4 rings (SSSR count). The summed E-state index contributed by atoms with van der Waals surface area (Å²) in [5, 5.41) is 22.8. The molecule has 18 heteroatoms. The second-order valence-corrected chi connectivity index (χ2v) is 16.4. The van der Waals surface area contributed by atoms with E-state index in [0.717, 1.165) is 27.9 Å². The number of aromatic nitrogens is 2. The van der Waals surface area contributed by atoms with Crippen LogP contribution in [0, 0.1) is 5.92 Å². The van der Waals surface area contributed by atoms with E-state index in [2.05, 4.69) is 20.8 Å². The zero-order chi connectivity index (χ0) is 39.3. The molecule has 296 valence electrons. The summed E-state index contributed by atoms with van der Waals surface area (Å²) < 4.78 is 24.0. The van der Waals surface area contributed by atoms with Crippen LogP contribution in [0.1, 0.15) is 68.0 Å². The number of anilines is 2. The summed E-state index contributed by atoms with van der Waals surface area (Å²) >= 11 is 0.956. The molecule has 3 N–H and O–H groups in total. The zero-order valence-corrected chi connectivity index (χ0v) is 35.1. The van der Waals surface area contributed by atoms with E-state index in [9.17, 15) is 24.3 Å². The molecule has 1 aliphatic heterocycles. The Morgan fingerprint density at radius 2 is 1.63 bits per heavy atom. The molecule has 1 fully saturated rings. The Kier molecular flexibility index (Phi) is 14.5. The SMILES string of the molecule is C[n+]1cc2cc(OC[C@H](O/N=C(\C(=O)O)c3csc(NC(=O)OC(C)(C)C)n3)C(=O)OC(C)(C)C)ccc2cc1NCC1CN(C(=O)OC(C)(C)C)C1.[I-]. The van der Waals surface area contributed by atoms with Crippen LogP contribution in [0.2, 0.25) is 0 Å². The molecule has 1 aromatic carbocycles. The third-order valence-corrected chi connectivity index (χ3v) is 7.90. The van der Waals surface area contributed by atoms with Crippen LogP contribution in [0.5, 0.6) is 5.75 Å². The van der Waals surface area contributed by atoms with Crippen molar-refractivity contribution in [3.8, 4) is 5.75 Å². The van der Waals surface area contributed by atoms with Gasteiger partial charge in [0.15, 0.2) is 5.13 Å². The number of ether oxygens (including phenoxy) is 4. The standard InChI is InChI=1S/C36H48N6O10S.HI/c1-34(2,3)49-30(45)26(52-40-28(29(43)44)25-20-53-31(38-25)39-32(46)50-35(4,5)6)19-48-24-12-11-22-14-27(41(10)18-23(22)13-24)37-15-21-16-42(17-21)33(47)51-36(7,8)9;/h11-14,18,20-21,26H,15-17,19H2,1-10H3,(H2,38,39,43,44,46);1H/b40-28-;/t26-;/m0./s1. The fraction of sp³-hybridized carbons (Fsp3) is 0.528. The van der Waals surface area contributed by atoms with E-state index in [-0.39, 0.29) is 47.5 Å². The number of nitrogens with one attached hydrogen (secondary N) is 2. The van der Waals surface area contributed by atoms with E-state index in [0.29, 0.717) is 31.3 Å². The van der Waals surface area contributed by atoms with E-state index in [1.54, 1.807) is 58.6 Å². The van der Waals surface area contributed by atoms with Crippen molar-refractivity contribution in [3.05, 3.63) is 41.5 Å². The van der Waals surface area contributed by atoms with Crippen molar-refractivity contribution in [2.24, 2.45) is 18.1 Å². The quantitative estimate of drug-likeness (QED) is 0.0603. The first-order chi connectivity index (χ1) is 24.5. The average molecular weight is 885 g/mol. The Labute approximate surface area is 335 Å². The number of nitrogens with zero attached hydrogens (tertiary/aromatic N) is 4. The second-order valence-electron chi connectivity index (χ2n) is 15.5. The van der Waals surface area contributed by atoms with Crippen molar-refractivity contribution in [3.63, 3.8) is 0 Å². The number of benzene rings is 1. The fourth-order valence-corrected chi connectivity index (χ4v) is 5.52. The highest BCUT2D eigenvalue weighted by molar-refractivity contribution is 7.14. The maximum Gasteiger partial charge on any atom is 0.413 e. The highest BCUT2D eigenvalue weighted by Gasteiger charge is 2.35. The molecule has 2 amide bonds.